The van der Waals surface area contributed by atoms with Crippen molar-refractivity contribution in [1.82, 2.24) is 0 Å². The molecule has 0 unspecified atom stereocenters. The first-order chi connectivity index (χ1) is 16.4. The predicted molar refractivity (Wildman–Crippen MR) is 130 cm³/mol. The number of ketones is 1. The monoisotopic (exact) mass is 472 g/mol. The highest BCUT2D eigenvalue weighted by molar-refractivity contribution is 6.30. The van der Waals surface area contributed by atoms with Gasteiger partial charge in [-0.3, -0.25) is 4.79 Å². The van der Waals surface area contributed by atoms with Crippen LogP contribution in [0.4, 0.5) is 0 Å². The number of ether oxygens (including phenoxy) is 1. The Bertz CT molecular complexity index is 1680. The van der Waals surface area contributed by atoms with Gasteiger partial charge in [0.05, 0.1) is 5.56 Å². The summed E-state index contributed by atoms with van der Waals surface area (Å²) in [5.74, 6) is 0.167. The average molecular weight is 473 g/mol. The molecular formula is C27H17ClO6. The van der Waals surface area contributed by atoms with Crippen molar-refractivity contribution >= 4 is 39.3 Å². The standard InChI is InChI=1S/C27H17ClO6/c1-15-23(32-14-22(29)16-6-8-18(28)9-7-16)11-10-19-20(13-25(30)34-26(15)19)21-12-17-4-2-3-5-24(17)33-27(21)31/h2-13H,14H2,1H3. The molecule has 0 aliphatic heterocycles. The largest absolute Gasteiger partial charge is 0.485 e. The fraction of sp³-hybridized carbons (Fsp3) is 0.0741. The summed E-state index contributed by atoms with van der Waals surface area (Å²) < 4.78 is 16.6. The van der Waals surface area contributed by atoms with Crippen LogP contribution in [0.2, 0.25) is 5.02 Å². The minimum absolute atomic E-state index is 0.202. The van der Waals surface area contributed by atoms with E-state index in [2.05, 4.69) is 0 Å². The summed E-state index contributed by atoms with van der Waals surface area (Å²) in [4.78, 5) is 37.5. The third kappa shape index (κ3) is 4.00. The second kappa shape index (κ2) is 8.65. The van der Waals surface area contributed by atoms with Gasteiger partial charge in [0.1, 0.15) is 16.9 Å². The second-order valence-electron chi connectivity index (χ2n) is 7.75. The highest BCUT2D eigenvalue weighted by Crippen LogP contribution is 2.33. The summed E-state index contributed by atoms with van der Waals surface area (Å²) in [6.07, 6.45) is 0. The van der Waals surface area contributed by atoms with E-state index in [9.17, 15) is 14.4 Å². The molecule has 0 aliphatic carbocycles. The van der Waals surface area contributed by atoms with Crippen LogP contribution in [0.1, 0.15) is 15.9 Å². The summed E-state index contributed by atoms with van der Waals surface area (Å²) in [6, 6.07) is 20.0. The lowest BCUT2D eigenvalue weighted by Crippen LogP contribution is -2.12. The minimum atomic E-state index is -0.618. The van der Waals surface area contributed by atoms with Crippen LogP contribution >= 0.6 is 11.6 Å². The van der Waals surface area contributed by atoms with Gasteiger partial charge in [-0.2, -0.15) is 0 Å². The molecule has 5 aromatic rings. The summed E-state index contributed by atoms with van der Waals surface area (Å²) in [5, 5.41) is 1.82. The Morgan fingerprint density at radius 3 is 2.47 bits per heavy atom. The number of aryl methyl sites for hydroxylation is 1. The number of carbonyl (C=O) groups excluding carboxylic acids is 1. The van der Waals surface area contributed by atoms with Gasteiger partial charge in [0.15, 0.2) is 12.4 Å². The van der Waals surface area contributed by atoms with Crippen molar-refractivity contribution in [3.8, 4) is 16.9 Å². The van der Waals surface area contributed by atoms with Gasteiger partial charge in [0, 0.05) is 38.6 Å². The Morgan fingerprint density at radius 2 is 1.68 bits per heavy atom. The molecule has 5 rings (SSSR count). The van der Waals surface area contributed by atoms with E-state index >= 15 is 0 Å². The van der Waals surface area contributed by atoms with Gasteiger partial charge in [-0.1, -0.05) is 29.8 Å². The smallest absolute Gasteiger partial charge is 0.344 e. The minimum Gasteiger partial charge on any atom is -0.485 e. The molecule has 0 aliphatic rings. The first kappa shape index (κ1) is 21.7. The fourth-order valence-corrected chi connectivity index (χ4v) is 3.96. The van der Waals surface area contributed by atoms with Crippen LogP contribution in [0.3, 0.4) is 0 Å². The topological polar surface area (TPSA) is 86.7 Å². The fourth-order valence-electron chi connectivity index (χ4n) is 3.83. The molecule has 0 saturated carbocycles. The lowest BCUT2D eigenvalue weighted by atomic mass is 10.0. The predicted octanol–water partition coefficient (Wildman–Crippen LogP) is 5.79. The molecule has 0 radical (unpaired) electrons. The number of benzene rings is 3. The average Bonchev–Trinajstić information content (AvgIpc) is 2.83. The Balaban J connectivity index is 1.54. The first-order valence-corrected chi connectivity index (χ1v) is 10.8. The normalized spacial score (nSPS) is 11.1. The Kier molecular flexibility index (Phi) is 5.51. The summed E-state index contributed by atoms with van der Waals surface area (Å²) in [7, 11) is 0. The van der Waals surface area contributed by atoms with Crippen LogP contribution < -0.4 is 16.0 Å². The van der Waals surface area contributed by atoms with Crippen molar-refractivity contribution in [1.29, 1.82) is 0 Å². The van der Waals surface area contributed by atoms with Gasteiger partial charge in [0.25, 0.3) is 0 Å². The van der Waals surface area contributed by atoms with Crippen molar-refractivity contribution in [3.05, 3.63) is 110 Å². The number of fused-ring (bicyclic) bond motifs is 2. The highest BCUT2D eigenvalue weighted by atomic mass is 35.5. The van der Waals surface area contributed by atoms with E-state index in [-0.39, 0.29) is 23.5 Å². The molecule has 3 aromatic carbocycles. The number of hydrogen-bond donors (Lipinski definition) is 0. The molecule has 0 spiro atoms. The molecule has 0 bridgehead atoms. The van der Waals surface area contributed by atoms with Crippen LogP contribution in [-0.2, 0) is 0 Å². The van der Waals surface area contributed by atoms with Crippen LogP contribution in [0.5, 0.6) is 5.75 Å². The first-order valence-electron chi connectivity index (χ1n) is 10.4. The highest BCUT2D eigenvalue weighted by Gasteiger charge is 2.17. The van der Waals surface area contributed by atoms with Crippen molar-refractivity contribution in [2.24, 2.45) is 0 Å². The number of rotatable bonds is 5. The maximum absolute atomic E-state index is 12.7. The summed E-state index contributed by atoms with van der Waals surface area (Å²) >= 11 is 5.87. The Labute approximate surface area is 198 Å². The zero-order valence-corrected chi connectivity index (χ0v) is 18.7. The number of para-hydroxylation sites is 1. The molecule has 2 heterocycles. The number of carbonyl (C=O) groups is 1. The molecular weight excluding hydrogens is 456 g/mol. The molecule has 0 atom stereocenters. The third-order valence-electron chi connectivity index (χ3n) is 5.57. The van der Waals surface area contributed by atoms with Crippen LogP contribution in [0, 0.1) is 6.92 Å². The van der Waals surface area contributed by atoms with Crippen LogP contribution in [0.25, 0.3) is 33.1 Å². The van der Waals surface area contributed by atoms with Crippen molar-refractivity contribution < 1.29 is 18.4 Å². The van der Waals surface area contributed by atoms with E-state index in [0.717, 1.165) is 5.39 Å². The third-order valence-corrected chi connectivity index (χ3v) is 5.82. The van der Waals surface area contributed by atoms with Gasteiger partial charge in [0.2, 0.25) is 0 Å². The molecule has 34 heavy (non-hydrogen) atoms. The van der Waals surface area contributed by atoms with Crippen LogP contribution in [-0.4, -0.2) is 12.4 Å². The molecule has 0 saturated heterocycles. The number of hydrogen-bond acceptors (Lipinski definition) is 6. The van der Waals surface area contributed by atoms with E-state index in [1.54, 1.807) is 61.5 Å². The van der Waals surface area contributed by atoms with Gasteiger partial charge < -0.3 is 13.6 Å². The van der Waals surface area contributed by atoms with Crippen LogP contribution in [0.15, 0.2) is 91.2 Å². The van der Waals surface area contributed by atoms with Crippen molar-refractivity contribution in [2.45, 2.75) is 6.92 Å². The van der Waals surface area contributed by atoms with Crippen molar-refractivity contribution in [3.63, 3.8) is 0 Å². The number of Topliss-reactive ketones (excluding diaryl/α,β-unsaturated/α-hetero) is 1. The second-order valence-corrected chi connectivity index (χ2v) is 8.19. The molecule has 0 amide bonds. The summed E-state index contributed by atoms with van der Waals surface area (Å²) in [6.45, 7) is 1.52. The lowest BCUT2D eigenvalue weighted by molar-refractivity contribution is 0.0921. The quantitative estimate of drug-likeness (QED) is 0.238. The maximum Gasteiger partial charge on any atom is 0.344 e. The lowest BCUT2D eigenvalue weighted by Gasteiger charge is -2.12. The zero-order valence-electron chi connectivity index (χ0n) is 18.0. The summed E-state index contributed by atoms with van der Waals surface area (Å²) in [5.41, 5.74) is 1.21. The zero-order chi connectivity index (χ0) is 23.8. The maximum atomic E-state index is 12.7. The van der Waals surface area contributed by atoms with E-state index in [1.807, 2.05) is 12.1 Å². The SMILES string of the molecule is Cc1c(OCC(=O)c2ccc(Cl)cc2)ccc2c(-c3cc4ccccc4oc3=O)cc(=O)oc12. The molecule has 7 heteroatoms. The Morgan fingerprint density at radius 1 is 0.912 bits per heavy atom. The molecule has 0 fully saturated rings. The molecule has 6 nitrogen and oxygen atoms in total. The Hall–Kier alpha value is -4.16. The molecule has 168 valence electrons. The van der Waals surface area contributed by atoms with Gasteiger partial charge >= 0.3 is 11.3 Å². The van der Waals surface area contributed by atoms with E-state index in [1.165, 1.54) is 6.07 Å². The van der Waals surface area contributed by atoms with Gasteiger partial charge in [-0.15, -0.1) is 0 Å². The number of halogens is 1. The molecule has 2 aromatic heterocycles. The van der Waals surface area contributed by atoms with E-state index < -0.39 is 11.3 Å². The van der Waals surface area contributed by atoms with Gasteiger partial charge in [-0.05, 0) is 55.5 Å². The van der Waals surface area contributed by atoms with E-state index in [4.69, 9.17) is 25.2 Å². The van der Waals surface area contributed by atoms with Crippen molar-refractivity contribution in [2.75, 3.05) is 6.61 Å². The van der Waals surface area contributed by atoms with Gasteiger partial charge in [-0.25, -0.2) is 9.59 Å². The van der Waals surface area contributed by atoms with E-state index in [0.29, 0.717) is 38.4 Å². The molecule has 0 N–H and O–H groups in total.